The Morgan fingerprint density at radius 3 is 2.63 bits per heavy atom. The van der Waals surface area contributed by atoms with E-state index in [1.807, 2.05) is 36.4 Å². The second-order valence-electron chi connectivity index (χ2n) is 8.73. The summed E-state index contributed by atoms with van der Waals surface area (Å²) in [6.07, 6.45) is 4.94. The van der Waals surface area contributed by atoms with Crippen LogP contribution in [0.25, 0.3) is 44.7 Å². The van der Waals surface area contributed by atoms with E-state index >= 15 is 0 Å². The molecule has 0 unspecified atom stereocenters. The van der Waals surface area contributed by atoms with Crippen LogP contribution in [0.4, 0.5) is 0 Å². The predicted molar refractivity (Wildman–Crippen MR) is 126 cm³/mol. The lowest BCUT2D eigenvalue weighted by Gasteiger charge is -2.42. The molecule has 3 aromatic heterocycles. The minimum atomic E-state index is -0.523. The lowest BCUT2D eigenvalue weighted by molar-refractivity contribution is 0.0713. The lowest BCUT2D eigenvalue weighted by Crippen LogP contribution is -2.47. The first-order valence-corrected chi connectivity index (χ1v) is 11.1. The molecule has 35 heavy (non-hydrogen) atoms. The van der Waals surface area contributed by atoms with Crippen molar-refractivity contribution < 1.29 is 0 Å². The molecule has 1 fully saturated rings. The van der Waals surface area contributed by atoms with Gasteiger partial charge in [0.1, 0.15) is 5.69 Å². The number of pyridine rings is 1. The van der Waals surface area contributed by atoms with Crippen molar-refractivity contribution in [3.05, 3.63) is 60.9 Å². The van der Waals surface area contributed by atoms with E-state index in [9.17, 15) is 10.5 Å². The zero-order valence-electron chi connectivity index (χ0n) is 18.5. The van der Waals surface area contributed by atoms with Gasteiger partial charge in [-0.15, -0.1) is 5.10 Å². The average molecular weight is 458 g/mol. The zero-order valence-corrected chi connectivity index (χ0v) is 18.5. The second-order valence-corrected chi connectivity index (χ2v) is 8.73. The van der Waals surface area contributed by atoms with Gasteiger partial charge >= 0.3 is 0 Å². The third-order valence-corrected chi connectivity index (χ3v) is 6.59. The van der Waals surface area contributed by atoms with Crippen molar-refractivity contribution >= 4 is 10.9 Å². The van der Waals surface area contributed by atoms with Gasteiger partial charge in [-0.2, -0.15) is 25.5 Å². The molecule has 1 aliphatic rings. The number of H-pyrrole nitrogens is 1. The van der Waals surface area contributed by atoms with Gasteiger partial charge in [0.2, 0.25) is 0 Å². The van der Waals surface area contributed by atoms with E-state index in [0.29, 0.717) is 24.4 Å². The fourth-order valence-corrected chi connectivity index (χ4v) is 4.75. The van der Waals surface area contributed by atoms with Gasteiger partial charge in [-0.25, -0.2) is 5.10 Å². The Labute approximate surface area is 199 Å². The molecule has 5 aromatic rings. The van der Waals surface area contributed by atoms with Crippen molar-refractivity contribution in [2.75, 3.05) is 0 Å². The van der Waals surface area contributed by atoms with Gasteiger partial charge in [-0.3, -0.25) is 4.98 Å². The largest absolute Gasteiger partial charge is 0.256 e. The van der Waals surface area contributed by atoms with Crippen molar-refractivity contribution in [1.29, 1.82) is 10.5 Å². The first kappa shape index (κ1) is 20.6. The first-order valence-electron chi connectivity index (χ1n) is 11.1. The number of benzene rings is 2. The van der Waals surface area contributed by atoms with Crippen LogP contribution >= 0.6 is 0 Å². The summed E-state index contributed by atoms with van der Waals surface area (Å²) in [6.45, 7) is 0. The van der Waals surface area contributed by atoms with Crippen LogP contribution < -0.4 is 0 Å². The number of aromatic amines is 1. The molecule has 0 amide bonds. The Morgan fingerprint density at radius 2 is 1.89 bits per heavy atom. The molecule has 3 heterocycles. The topological polar surface area (TPSA) is 146 Å². The zero-order chi connectivity index (χ0) is 23.8. The molecule has 2 aromatic carbocycles. The van der Waals surface area contributed by atoms with E-state index in [4.69, 9.17) is 5.10 Å². The van der Waals surface area contributed by atoms with Gasteiger partial charge in [-0.1, -0.05) is 30.3 Å². The van der Waals surface area contributed by atoms with E-state index in [1.165, 1.54) is 0 Å². The molecular formula is C25H18N10. The van der Waals surface area contributed by atoms with Gasteiger partial charge < -0.3 is 0 Å². The highest BCUT2D eigenvalue weighted by molar-refractivity contribution is 5.97. The molecule has 10 nitrogen and oxygen atoms in total. The second kappa shape index (κ2) is 8.12. The quantitative estimate of drug-likeness (QED) is 0.417. The SMILES string of the molecule is N#CCC1(n2ncc(-c3cc(-c4ccc(-c5nnn[nH]5)cc4)cc4ncccc34)n2)CC(C#N)C1. The fourth-order valence-electron chi connectivity index (χ4n) is 4.75. The Kier molecular flexibility index (Phi) is 4.78. The summed E-state index contributed by atoms with van der Waals surface area (Å²) in [5.74, 6) is 0.539. The Balaban J connectivity index is 1.42. The summed E-state index contributed by atoms with van der Waals surface area (Å²) in [4.78, 5) is 6.21. The highest BCUT2D eigenvalue weighted by Crippen LogP contribution is 2.45. The first-order chi connectivity index (χ1) is 17.2. The smallest absolute Gasteiger partial charge is 0.179 e. The van der Waals surface area contributed by atoms with Crippen molar-refractivity contribution in [2.24, 2.45) is 5.92 Å². The van der Waals surface area contributed by atoms with E-state index in [0.717, 1.165) is 33.2 Å². The Bertz CT molecular complexity index is 1600. The molecule has 1 N–H and O–H groups in total. The van der Waals surface area contributed by atoms with Crippen molar-refractivity contribution in [1.82, 2.24) is 40.6 Å². The van der Waals surface area contributed by atoms with Crippen molar-refractivity contribution in [3.63, 3.8) is 0 Å². The van der Waals surface area contributed by atoms with Crippen LogP contribution in [0.3, 0.4) is 0 Å². The summed E-state index contributed by atoms with van der Waals surface area (Å²) in [6, 6.07) is 20.5. The van der Waals surface area contributed by atoms with E-state index in [1.54, 1.807) is 17.2 Å². The molecule has 0 aliphatic heterocycles. The number of fused-ring (bicyclic) bond motifs is 1. The minimum Gasteiger partial charge on any atom is -0.256 e. The van der Waals surface area contributed by atoms with Crippen LogP contribution in [0.5, 0.6) is 0 Å². The highest BCUT2D eigenvalue weighted by Gasteiger charge is 2.48. The number of hydrogen-bond acceptors (Lipinski definition) is 8. The van der Waals surface area contributed by atoms with Gasteiger partial charge in [-0.05, 0) is 52.6 Å². The van der Waals surface area contributed by atoms with Crippen molar-refractivity contribution in [2.45, 2.75) is 24.8 Å². The molecule has 0 saturated heterocycles. The molecule has 1 saturated carbocycles. The average Bonchev–Trinajstić information content (AvgIpc) is 3.59. The van der Waals surface area contributed by atoms with Gasteiger partial charge in [0.25, 0.3) is 0 Å². The van der Waals surface area contributed by atoms with Crippen LogP contribution in [-0.4, -0.2) is 40.6 Å². The van der Waals surface area contributed by atoms with Gasteiger partial charge in [0, 0.05) is 22.7 Å². The third-order valence-electron chi connectivity index (χ3n) is 6.59. The summed E-state index contributed by atoms with van der Waals surface area (Å²) < 4.78 is 0. The standard InChI is InChI=1S/C25H18N10/c26-8-7-25(12-16(13-25)14-27)35-29-15-23(32-35)21-10-19(11-22-20(21)2-1-9-28-22)17-3-5-18(6-4-17)24-30-33-34-31-24/h1-6,9-11,15-16H,7,12-13H2,(H,30,31,33,34). The number of nitrogens with zero attached hydrogens (tertiary/aromatic N) is 9. The van der Waals surface area contributed by atoms with Crippen molar-refractivity contribution in [3.8, 4) is 45.9 Å². The minimum absolute atomic E-state index is 0.0677. The predicted octanol–water partition coefficient (Wildman–Crippen LogP) is 3.88. The summed E-state index contributed by atoms with van der Waals surface area (Å²) in [7, 11) is 0. The molecule has 0 spiro atoms. The maximum absolute atomic E-state index is 9.37. The van der Waals surface area contributed by atoms with Crippen LogP contribution in [-0.2, 0) is 5.54 Å². The molecule has 6 rings (SSSR count). The van der Waals surface area contributed by atoms with E-state index in [2.05, 4.69) is 55.0 Å². The molecule has 1 aliphatic carbocycles. The number of nitriles is 2. The molecule has 0 radical (unpaired) electrons. The molecule has 10 heteroatoms. The van der Waals surface area contributed by atoms with Crippen LogP contribution in [0.2, 0.25) is 0 Å². The normalized spacial score (nSPS) is 19.1. The number of hydrogen-bond donors (Lipinski definition) is 1. The molecule has 0 atom stereocenters. The number of tetrazole rings is 1. The van der Waals surface area contributed by atoms with Crippen LogP contribution in [0, 0.1) is 28.6 Å². The Morgan fingerprint density at radius 1 is 1.06 bits per heavy atom. The van der Waals surface area contributed by atoms with Crippen LogP contribution in [0.1, 0.15) is 19.3 Å². The molecule has 0 bridgehead atoms. The van der Waals surface area contributed by atoms with Gasteiger partial charge in [0.05, 0.1) is 41.7 Å². The summed E-state index contributed by atoms with van der Waals surface area (Å²) in [5.41, 5.74) is 4.82. The summed E-state index contributed by atoms with van der Waals surface area (Å²) in [5, 5.41) is 42.9. The summed E-state index contributed by atoms with van der Waals surface area (Å²) >= 11 is 0. The maximum atomic E-state index is 9.37. The maximum Gasteiger partial charge on any atom is 0.179 e. The van der Waals surface area contributed by atoms with E-state index < -0.39 is 5.54 Å². The lowest BCUT2D eigenvalue weighted by atomic mass is 9.68. The number of aromatic nitrogens is 8. The van der Waals surface area contributed by atoms with Crippen LogP contribution in [0.15, 0.2) is 60.9 Å². The number of nitrogens with one attached hydrogen (secondary N) is 1. The third kappa shape index (κ3) is 3.49. The fraction of sp³-hybridized carbons (Fsp3) is 0.200. The monoisotopic (exact) mass is 458 g/mol. The van der Waals surface area contributed by atoms with E-state index in [-0.39, 0.29) is 12.3 Å². The molecule has 168 valence electrons. The highest BCUT2D eigenvalue weighted by atomic mass is 15.5. The number of rotatable bonds is 5. The van der Waals surface area contributed by atoms with Gasteiger partial charge in [0.15, 0.2) is 5.82 Å². The Hall–Kier alpha value is -4.96. The molecular weight excluding hydrogens is 440 g/mol.